The van der Waals surface area contributed by atoms with Crippen LogP contribution in [-0.4, -0.2) is 35.3 Å². The van der Waals surface area contributed by atoms with Crippen LogP contribution in [0.4, 0.5) is 5.69 Å². The molecule has 1 heterocycles. The summed E-state index contributed by atoms with van der Waals surface area (Å²) < 4.78 is 0. The third kappa shape index (κ3) is 4.88. The van der Waals surface area contributed by atoms with Crippen LogP contribution >= 0.6 is 0 Å². The predicted octanol–water partition coefficient (Wildman–Crippen LogP) is 4.33. The van der Waals surface area contributed by atoms with Crippen LogP contribution in [0.1, 0.15) is 39.0 Å². The zero-order chi connectivity index (χ0) is 20.8. The van der Waals surface area contributed by atoms with Crippen molar-refractivity contribution in [2.75, 3.05) is 18.5 Å². The Labute approximate surface area is 171 Å². The van der Waals surface area contributed by atoms with E-state index >= 15 is 0 Å². The van der Waals surface area contributed by atoms with Crippen molar-refractivity contribution in [3.8, 4) is 0 Å². The molecule has 148 valence electrons. The highest BCUT2D eigenvalue weighted by molar-refractivity contribution is 6.05. The average Bonchev–Trinajstić information content (AvgIpc) is 2.74. The first-order valence-electron chi connectivity index (χ1n) is 9.64. The Balaban J connectivity index is 1.80. The molecule has 5 nitrogen and oxygen atoms in total. The fourth-order valence-electron chi connectivity index (χ4n) is 3.18. The van der Waals surface area contributed by atoms with Gasteiger partial charge in [-0.25, -0.2) is 4.98 Å². The summed E-state index contributed by atoms with van der Waals surface area (Å²) in [6.07, 6.45) is 0. The summed E-state index contributed by atoms with van der Waals surface area (Å²) in [6, 6.07) is 22.5. The molecule has 29 heavy (non-hydrogen) atoms. The Morgan fingerprint density at radius 2 is 1.52 bits per heavy atom. The lowest BCUT2D eigenvalue weighted by atomic mass is 10.2. The molecule has 0 spiro atoms. The zero-order valence-corrected chi connectivity index (χ0v) is 17.0. The maximum atomic E-state index is 13.1. The van der Waals surface area contributed by atoms with Crippen molar-refractivity contribution >= 4 is 17.5 Å². The van der Waals surface area contributed by atoms with Gasteiger partial charge in [-0.2, -0.15) is 0 Å². The molecule has 0 saturated carbocycles. The normalized spacial score (nSPS) is 10.4. The molecule has 0 aliphatic heterocycles. The van der Waals surface area contributed by atoms with Gasteiger partial charge in [-0.15, -0.1) is 0 Å². The highest BCUT2D eigenvalue weighted by Gasteiger charge is 2.20. The van der Waals surface area contributed by atoms with Gasteiger partial charge in [0.15, 0.2) is 0 Å². The Hall–Kier alpha value is -3.47. The molecule has 0 unspecified atom stereocenters. The van der Waals surface area contributed by atoms with Gasteiger partial charge in [0, 0.05) is 25.8 Å². The number of anilines is 1. The number of aryl methyl sites for hydroxylation is 1. The topological polar surface area (TPSA) is 53.5 Å². The number of carbonyl (C=O) groups excluding carboxylic acids is 2. The number of carbonyl (C=O) groups is 2. The molecule has 0 aliphatic rings. The van der Waals surface area contributed by atoms with E-state index in [4.69, 9.17) is 0 Å². The molecular formula is C24H25N3O2. The third-order valence-electron chi connectivity index (χ3n) is 4.67. The fourth-order valence-corrected chi connectivity index (χ4v) is 3.18. The molecule has 0 bridgehead atoms. The summed E-state index contributed by atoms with van der Waals surface area (Å²) in [7, 11) is 1.73. The van der Waals surface area contributed by atoms with Gasteiger partial charge in [0.05, 0.1) is 0 Å². The summed E-state index contributed by atoms with van der Waals surface area (Å²) in [5.41, 5.74) is 3.44. The Morgan fingerprint density at radius 1 is 0.862 bits per heavy atom. The number of nitrogens with zero attached hydrogens (tertiary/aromatic N) is 3. The fraction of sp³-hybridized carbons (Fsp3) is 0.208. The van der Waals surface area contributed by atoms with Gasteiger partial charge in [0.25, 0.3) is 11.8 Å². The largest absolute Gasteiger partial charge is 0.336 e. The second-order valence-corrected chi connectivity index (χ2v) is 6.94. The number of rotatable bonds is 6. The van der Waals surface area contributed by atoms with Gasteiger partial charge >= 0.3 is 0 Å². The van der Waals surface area contributed by atoms with E-state index in [1.165, 1.54) is 0 Å². The molecular weight excluding hydrogens is 362 g/mol. The molecule has 0 saturated heterocycles. The first kappa shape index (κ1) is 20.3. The molecule has 5 heteroatoms. The van der Waals surface area contributed by atoms with E-state index in [0.717, 1.165) is 16.8 Å². The summed E-state index contributed by atoms with van der Waals surface area (Å²) in [5.74, 6) is -0.444. The summed E-state index contributed by atoms with van der Waals surface area (Å²) >= 11 is 0. The SMILES string of the molecule is CCN(C(=O)c1cccc(C(=O)N(C)Cc2ccccc2)n1)c1cccc(C)c1. The van der Waals surface area contributed by atoms with E-state index < -0.39 is 0 Å². The molecule has 1 aromatic heterocycles. The van der Waals surface area contributed by atoms with Crippen molar-refractivity contribution in [2.45, 2.75) is 20.4 Å². The van der Waals surface area contributed by atoms with Gasteiger partial charge in [-0.1, -0.05) is 48.5 Å². The van der Waals surface area contributed by atoms with Gasteiger partial charge in [0.1, 0.15) is 11.4 Å². The number of benzene rings is 2. The second-order valence-electron chi connectivity index (χ2n) is 6.94. The highest BCUT2D eigenvalue weighted by Crippen LogP contribution is 2.18. The summed E-state index contributed by atoms with van der Waals surface area (Å²) in [6.45, 7) is 4.89. The highest BCUT2D eigenvalue weighted by atomic mass is 16.2. The minimum Gasteiger partial charge on any atom is -0.336 e. The number of pyridine rings is 1. The Morgan fingerprint density at radius 3 is 2.17 bits per heavy atom. The number of hydrogen-bond acceptors (Lipinski definition) is 3. The van der Waals surface area contributed by atoms with Crippen LogP contribution in [0.3, 0.4) is 0 Å². The molecule has 0 fully saturated rings. The zero-order valence-electron chi connectivity index (χ0n) is 17.0. The van der Waals surface area contributed by atoms with Crippen molar-refractivity contribution < 1.29 is 9.59 Å². The summed E-state index contributed by atoms with van der Waals surface area (Å²) in [4.78, 5) is 33.5. The van der Waals surface area contributed by atoms with E-state index in [1.54, 1.807) is 35.0 Å². The first-order valence-corrected chi connectivity index (χ1v) is 9.64. The standard InChI is InChI=1S/C24H25N3O2/c1-4-27(20-13-8-10-18(2)16-20)24(29)22-15-9-14-21(25-22)23(28)26(3)17-19-11-6-5-7-12-19/h5-16H,4,17H2,1-3H3. The van der Waals surface area contributed by atoms with Crippen LogP contribution in [0.25, 0.3) is 0 Å². The van der Waals surface area contributed by atoms with Crippen LogP contribution < -0.4 is 4.90 Å². The van der Waals surface area contributed by atoms with Crippen molar-refractivity contribution in [1.29, 1.82) is 0 Å². The predicted molar refractivity (Wildman–Crippen MR) is 115 cm³/mol. The number of hydrogen-bond donors (Lipinski definition) is 0. The van der Waals surface area contributed by atoms with Crippen molar-refractivity contribution in [2.24, 2.45) is 0 Å². The van der Waals surface area contributed by atoms with Crippen molar-refractivity contribution in [3.63, 3.8) is 0 Å². The van der Waals surface area contributed by atoms with Gasteiger partial charge in [-0.3, -0.25) is 9.59 Å². The second kappa shape index (κ2) is 9.15. The van der Waals surface area contributed by atoms with Crippen molar-refractivity contribution in [3.05, 3.63) is 95.3 Å². The monoisotopic (exact) mass is 387 g/mol. The molecule has 0 radical (unpaired) electrons. The van der Waals surface area contributed by atoms with Crippen molar-refractivity contribution in [1.82, 2.24) is 9.88 Å². The maximum absolute atomic E-state index is 13.1. The van der Waals surface area contributed by atoms with Gasteiger partial charge < -0.3 is 9.80 Å². The lowest BCUT2D eigenvalue weighted by molar-refractivity contribution is 0.0779. The maximum Gasteiger partial charge on any atom is 0.276 e. The number of amides is 2. The Bertz CT molecular complexity index is 1000. The molecule has 0 atom stereocenters. The summed E-state index contributed by atoms with van der Waals surface area (Å²) in [5, 5.41) is 0. The van der Waals surface area contributed by atoms with Gasteiger partial charge in [0.2, 0.25) is 0 Å². The minimum atomic E-state index is -0.224. The molecule has 2 aromatic carbocycles. The van der Waals surface area contributed by atoms with Crippen LogP contribution in [0.5, 0.6) is 0 Å². The average molecular weight is 387 g/mol. The van der Waals surface area contributed by atoms with E-state index in [0.29, 0.717) is 13.1 Å². The first-order chi connectivity index (χ1) is 14.0. The van der Waals surface area contributed by atoms with Crippen LogP contribution in [0, 0.1) is 6.92 Å². The third-order valence-corrected chi connectivity index (χ3v) is 4.67. The van der Waals surface area contributed by atoms with Crippen LogP contribution in [0.15, 0.2) is 72.8 Å². The lowest BCUT2D eigenvalue weighted by Crippen LogP contribution is -2.32. The Kier molecular flexibility index (Phi) is 6.39. The molecule has 2 amide bonds. The van der Waals surface area contributed by atoms with E-state index in [2.05, 4.69) is 4.98 Å². The van der Waals surface area contributed by atoms with Crippen LogP contribution in [-0.2, 0) is 6.54 Å². The molecule has 3 aromatic rings. The molecule has 0 aliphatic carbocycles. The lowest BCUT2D eigenvalue weighted by Gasteiger charge is -2.22. The smallest absolute Gasteiger partial charge is 0.276 e. The van der Waals surface area contributed by atoms with E-state index in [9.17, 15) is 9.59 Å². The molecule has 3 rings (SSSR count). The van der Waals surface area contributed by atoms with E-state index in [-0.39, 0.29) is 23.2 Å². The van der Waals surface area contributed by atoms with Crippen LogP contribution in [0.2, 0.25) is 0 Å². The quantitative estimate of drug-likeness (QED) is 0.633. The molecule has 0 N–H and O–H groups in total. The van der Waals surface area contributed by atoms with E-state index in [1.807, 2.05) is 68.4 Å². The number of aromatic nitrogens is 1. The minimum absolute atomic E-state index is 0.220. The van der Waals surface area contributed by atoms with Gasteiger partial charge in [-0.05, 0) is 49.2 Å².